The van der Waals surface area contributed by atoms with Crippen LogP contribution in [-0.4, -0.2) is 12.2 Å². The summed E-state index contributed by atoms with van der Waals surface area (Å²) in [5.41, 5.74) is 4.87. The summed E-state index contributed by atoms with van der Waals surface area (Å²) in [7, 11) is 0. The summed E-state index contributed by atoms with van der Waals surface area (Å²) in [5.74, 6) is 1.20. The molecule has 0 saturated heterocycles. The number of hydrogen-bond donors (Lipinski definition) is 0. The van der Waals surface area contributed by atoms with Gasteiger partial charge in [0.2, 0.25) is 0 Å². The Labute approximate surface area is 178 Å². The van der Waals surface area contributed by atoms with Crippen LogP contribution < -0.4 is 0 Å². The fraction of sp³-hybridized carbons (Fsp3) is 0.571. The number of benzene rings is 2. The van der Waals surface area contributed by atoms with Crippen molar-refractivity contribution in [1.82, 2.24) is 0 Å². The minimum atomic E-state index is 0.284. The Hall–Kier alpha value is -1.60. The standard InChI is InChI=1S/C28H40O/c1-6-17-28(21(2)3,20-23-12-8-7-9-13-23)18-16-26-25-15-11-10-14-24(25)19-27(26)29-22(4)5/h7-15,21-22,26-27H,6,16-20H2,1-5H3. The molecule has 29 heavy (non-hydrogen) atoms. The molecule has 0 N–H and O–H groups in total. The molecule has 0 aromatic heterocycles. The van der Waals surface area contributed by atoms with Crippen LogP contribution in [0.25, 0.3) is 0 Å². The molecule has 0 bridgehead atoms. The molecule has 0 amide bonds. The van der Waals surface area contributed by atoms with Crippen molar-refractivity contribution in [2.24, 2.45) is 11.3 Å². The van der Waals surface area contributed by atoms with Crippen LogP contribution in [0.3, 0.4) is 0 Å². The van der Waals surface area contributed by atoms with E-state index in [0.717, 1.165) is 6.42 Å². The summed E-state index contributed by atoms with van der Waals surface area (Å²) in [6.45, 7) is 11.6. The van der Waals surface area contributed by atoms with E-state index < -0.39 is 0 Å². The normalized spacial score (nSPS) is 20.8. The molecule has 1 aliphatic rings. The molecule has 1 heteroatoms. The van der Waals surface area contributed by atoms with Crippen LogP contribution in [0.1, 0.15) is 82.9 Å². The second-order valence-corrected chi connectivity index (χ2v) is 9.70. The van der Waals surface area contributed by atoms with Gasteiger partial charge in [0.25, 0.3) is 0 Å². The highest BCUT2D eigenvalue weighted by atomic mass is 16.5. The molecule has 3 atom stereocenters. The summed E-state index contributed by atoms with van der Waals surface area (Å²) < 4.78 is 6.41. The highest BCUT2D eigenvalue weighted by Crippen LogP contribution is 2.46. The Kier molecular flexibility index (Phi) is 7.57. The Bertz CT molecular complexity index is 748. The van der Waals surface area contributed by atoms with Crippen LogP contribution in [0.5, 0.6) is 0 Å². The lowest BCUT2D eigenvalue weighted by molar-refractivity contribution is -0.00601. The van der Waals surface area contributed by atoms with Gasteiger partial charge in [0, 0.05) is 5.92 Å². The monoisotopic (exact) mass is 392 g/mol. The first-order chi connectivity index (χ1) is 13.9. The zero-order chi connectivity index (χ0) is 20.9. The third-order valence-corrected chi connectivity index (χ3v) is 7.10. The molecule has 3 rings (SSSR count). The van der Waals surface area contributed by atoms with Gasteiger partial charge in [0.15, 0.2) is 0 Å². The van der Waals surface area contributed by atoms with E-state index in [9.17, 15) is 0 Å². The van der Waals surface area contributed by atoms with Gasteiger partial charge in [0.1, 0.15) is 0 Å². The predicted molar refractivity (Wildman–Crippen MR) is 124 cm³/mol. The van der Waals surface area contributed by atoms with Gasteiger partial charge in [0.05, 0.1) is 12.2 Å². The van der Waals surface area contributed by atoms with Crippen molar-refractivity contribution in [1.29, 1.82) is 0 Å². The molecule has 0 spiro atoms. The number of fused-ring (bicyclic) bond motifs is 1. The average Bonchev–Trinajstić information content (AvgIpc) is 3.03. The summed E-state index contributed by atoms with van der Waals surface area (Å²) >= 11 is 0. The maximum atomic E-state index is 6.41. The highest BCUT2D eigenvalue weighted by Gasteiger charge is 2.38. The van der Waals surface area contributed by atoms with Crippen molar-refractivity contribution in [2.45, 2.75) is 91.3 Å². The van der Waals surface area contributed by atoms with Gasteiger partial charge in [-0.05, 0) is 74.0 Å². The fourth-order valence-electron chi connectivity index (χ4n) is 5.50. The van der Waals surface area contributed by atoms with Crippen LogP contribution >= 0.6 is 0 Å². The lowest BCUT2D eigenvalue weighted by Crippen LogP contribution is -2.32. The van der Waals surface area contributed by atoms with Crippen molar-refractivity contribution in [3.05, 3.63) is 71.3 Å². The van der Waals surface area contributed by atoms with Crippen molar-refractivity contribution >= 4 is 0 Å². The molecule has 158 valence electrons. The number of ether oxygens (including phenoxy) is 1. The zero-order valence-corrected chi connectivity index (χ0v) is 19.2. The van der Waals surface area contributed by atoms with Gasteiger partial charge in [-0.15, -0.1) is 0 Å². The van der Waals surface area contributed by atoms with Gasteiger partial charge in [-0.3, -0.25) is 0 Å². The van der Waals surface area contributed by atoms with Crippen LogP contribution in [0.15, 0.2) is 54.6 Å². The van der Waals surface area contributed by atoms with E-state index in [-0.39, 0.29) is 6.10 Å². The van der Waals surface area contributed by atoms with Crippen LogP contribution in [0, 0.1) is 11.3 Å². The van der Waals surface area contributed by atoms with Crippen LogP contribution in [-0.2, 0) is 17.6 Å². The number of rotatable bonds is 10. The van der Waals surface area contributed by atoms with Crippen molar-refractivity contribution in [2.75, 3.05) is 0 Å². The minimum Gasteiger partial charge on any atom is -0.375 e. The maximum absolute atomic E-state index is 6.41. The van der Waals surface area contributed by atoms with Crippen molar-refractivity contribution in [3.8, 4) is 0 Å². The molecule has 2 aromatic carbocycles. The van der Waals surface area contributed by atoms with E-state index in [4.69, 9.17) is 4.74 Å². The topological polar surface area (TPSA) is 9.23 Å². The van der Waals surface area contributed by atoms with E-state index in [1.165, 1.54) is 48.8 Å². The molecule has 0 heterocycles. The van der Waals surface area contributed by atoms with E-state index in [1.807, 2.05) is 0 Å². The Morgan fingerprint density at radius 1 is 0.931 bits per heavy atom. The van der Waals surface area contributed by atoms with Crippen LogP contribution in [0.2, 0.25) is 0 Å². The van der Waals surface area contributed by atoms with Crippen molar-refractivity contribution in [3.63, 3.8) is 0 Å². The van der Waals surface area contributed by atoms with E-state index in [2.05, 4.69) is 89.2 Å². The van der Waals surface area contributed by atoms with Gasteiger partial charge in [-0.25, -0.2) is 0 Å². The maximum Gasteiger partial charge on any atom is 0.0687 e. The quantitative estimate of drug-likeness (QED) is 0.405. The molecule has 1 aliphatic carbocycles. The largest absolute Gasteiger partial charge is 0.375 e. The second kappa shape index (κ2) is 9.94. The molecule has 0 aliphatic heterocycles. The lowest BCUT2D eigenvalue weighted by atomic mass is 9.66. The Morgan fingerprint density at radius 2 is 1.62 bits per heavy atom. The third kappa shape index (κ3) is 5.31. The van der Waals surface area contributed by atoms with Gasteiger partial charge >= 0.3 is 0 Å². The molecular weight excluding hydrogens is 352 g/mol. The first kappa shape index (κ1) is 22.1. The number of hydrogen-bond acceptors (Lipinski definition) is 1. The van der Waals surface area contributed by atoms with E-state index >= 15 is 0 Å². The van der Waals surface area contributed by atoms with Gasteiger partial charge in [-0.1, -0.05) is 81.8 Å². The molecule has 0 fully saturated rings. The van der Waals surface area contributed by atoms with E-state index in [0.29, 0.717) is 23.4 Å². The summed E-state index contributed by atoms with van der Waals surface area (Å²) in [6.07, 6.45) is 7.90. The van der Waals surface area contributed by atoms with E-state index in [1.54, 1.807) is 0 Å². The molecule has 2 aromatic rings. The summed E-state index contributed by atoms with van der Waals surface area (Å²) in [4.78, 5) is 0. The third-order valence-electron chi connectivity index (χ3n) is 7.10. The Balaban J connectivity index is 1.83. The molecule has 3 unspecified atom stereocenters. The van der Waals surface area contributed by atoms with Gasteiger partial charge in [-0.2, -0.15) is 0 Å². The van der Waals surface area contributed by atoms with Crippen LogP contribution in [0.4, 0.5) is 0 Å². The molecule has 0 saturated carbocycles. The lowest BCUT2D eigenvalue weighted by Gasteiger charge is -2.40. The molecule has 1 nitrogen and oxygen atoms in total. The minimum absolute atomic E-state index is 0.284. The highest BCUT2D eigenvalue weighted by molar-refractivity contribution is 5.37. The Morgan fingerprint density at radius 3 is 2.28 bits per heavy atom. The summed E-state index contributed by atoms with van der Waals surface area (Å²) in [5, 5.41) is 0. The van der Waals surface area contributed by atoms with Gasteiger partial charge < -0.3 is 4.74 Å². The first-order valence-electron chi connectivity index (χ1n) is 11.7. The smallest absolute Gasteiger partial charge is 0.0687 e. The average molecular weight is 393 g/mol. The fourth-order valence-corrected chi connectivity index (χ4v) is 5.50. The van der Waals surface area contributed by atoms with Crippen molar-refractivity contribution < 1.29 is 4.74 Å². The molecule has 0 radical (unpaired) electrons. The zero-order valence-electron chi connectivity index (χ0n) is 19.2. The summed E-state index contributed by atoms with van der Waals surface area (Å²) in [6, 6.07) is 20.1. The first-order valence-corrected chi connectivity index (χ1v) is 11.7. The molecular formula is C28H40O. The second-order valence-electron chi connectivity index (χ2n) is 9.70. The SMILES string of the molecule is CCCC(CCC1c2ccccc2CC1OC(C)C)(Cc1ccccc1)C(C)C. The predicted octanol–water partition coefficient (Wildman–Crippen LogP) is 7.59.